The molecule has 1 unspecified atom stereocenters. The van der Waals surface area contributed by atoms with Crippen LogP contribution in [-0.2, 0) is 6.42 Å². The van der Waals surface area contributed by atoms with Gasteiger partial charge in [-0.3, -0.25) is 0 Å². The highest BCUT2D eigenvalue weighted by molar-refractivity contribution is 6.31. The minimum absolute atomic E-state index is 0.0528. The normalized spacial score (nSPS) is 12.3. The summed E-state index contributed by atoms with van der Waals surface area (Å²) in [6, 6.07) is 7.63. The van der Waals surface area contributed by atoms with E-state index in [0.717, 1.165) is 17.0 Å². The fraction of sp³-hybridized carbons (Fsp3) is 0.500. The van der Waals surface area contributed by atoms with Crippen LogP contribution in [0.2, 0.25) is 5.02 Å². The molecule has 4 heteroatoms. The third-order valence-electron chi connectivity index (χ3n) is 2.53. The molecule has 0 aromatic heterocycles. The van der Waals surface area contributed by atoms with Crippen molar-refractivity contribution in [3.05, 3.63) is 34.9 Å². The first-order chi connectivity index (χ1) is 8.49. The smallest absolute Gasteiger partial charge is 0.315 e. The van der Waals surface area contributed by atoms with Crippen LogP contribution in [0.25, 0.3) is 0 Å². The molecule has 0 saturated carbocycles. The van der Waals surface area contributed by atoms with Gasteiger partial charge in [0.1, 0.15) is 0 Å². The summed E-state index contributed by atoms with van der Waals surface area (Å²) in [5.74, 6) is 0.453. The van der Waals surface area contributed by atoms with Gasteiger partial charge < -0.3 is 10.6 Å². The fourth-order valence-corrected chi connectivity index (χ4v) is 1.83. The number of urea groups is 1. The number of halogens is 1. The fourth-order valence-electron chi connectivity index (χ4n) is 1.62. The van der Waals surface area contributed by atoms with Crippen LogP contribution in [0.1, 0.15) is 26.3 Å². The number of carbonyl (C=O) groups excluding carboxylic acids is 1. The van der Waals surface area contributed by atoms with Gasteiger partial charge in [-0.1, -0.05) is 43.6 Å². The van der Waals surface area contributed by atoms with Crippen molar-refractivity contribution in [1.29, 1.82) is 0 Å². The molecule has 0 aliphatic carbocycles. The van der Waals surface area contributed by atoms with Crippen LogP contribution < -0.4 is 10.6 Å². The molecular weight excluding hydrogens is 248 g/mol. The zero-order valence-electron chi connectivity index (χ0n) is 11.2. The average Bonchev–Trinajstić information content (AvgIpc) is 2.29. The largest absolute Gasteiger partial charge is 0.338 e. The highest BCUT2D eigenvalue weighted by atomic mass is 35.5. The summed E-state index contributed by atoms with van der Waals surface area (Å²) in [7, 11) is 0. The maximum absolute atomic E-state index is 11.6. The van der Waals surface area contributed by atoms with Crippen molar-refractivity contribution in [2.75, 3.05) is 6.54 Å². The third-order valence-corrected chi connectivity index (χ3v) is 2.90. The Morgan fingerprint density at radius 2 is 1.94 bits per heavy atom. The van der Waals surface area contributed by atoms with Crippen LogP contribution in [0.15, 0.2) is 24.3 Å². The summed E-state index contributed by atoms with van der Waals surface area (Å²) in [6.45, 7) is 6.78. The van der Waals surface area contributed by atoms with Crippen LogP contribution in [0, 0.1) is 5.92 Å². The van der Waals surface area contributed by atoms with E-state index in [9.17, 15) is 4.79 Å². The van der Waals surface area contributed by atoms with E-state index in [-0.39, 0.29) is 12.1 Å². The SMILES string of the molecule is CC(C)CNC(=O)NC(C)Cc1ccccc1Cl. The lowest BCUT2D eigenvalue weighted by Crippen LogP contribution is -2.42. The van der Waals surface area contributed by atoms with Gasteiger partial charge in [-0.25, -0.2) is 4.79 Å². The number of hydrogen-bond donors (Lipinski definition) is 2. The molecule has 0 fully saturated rings. The molecule has 2 amide bonds. The van der Waals surface area contributed by atoms with Gasteiger partial charge in [0.05, 0.1) is 0 Å². The van der Waals surface area contributed by atoms with E-state index in [4.69, 9.17) is 11.6 Å². The minimum Gasteiger partial charge on any atom is -0.338 e. The summed E-state index contributed by atoms with van der Waals surface area (Å²) in [5.41, 5.74) is 1.05. The average molecular weight is 269 g/mol. The van der Waals surface area contributed by atoms with Gasteiger partial charge in [-0.2, -0.15) is 0 Å². The van der Waals surface area contributed by atoms with Crippen molar-refractivity contribution in [2.24, 2.45) is 5.92 Å². The Bertz CT molecular complexity index is 393. The summed E-state index contributed by atoms with van der Waals surface area (Å²) in [6.07, 6.45) is 0.731. The van der Waals surface area contributed by atoms with E-state index < -0.39 is 0 Å². The molecule has 18 heavy (non-hydrogen) atoms. The van der Waals surface area contributed by atoms with Gasteiger partial charge >= 0.3 is 6.03 Å². The van der Waals surface area contributed by atoms with Gasteiger partial charge in [0.25, 0.3) is 0 Å². The molecule has 0 bridgehead atoms. The Hall–Kier alpha value is -1.22. The first kappa shape index (κ1) is 14.8. The predicted molar refractivity (Wildman–Crippen MR) is 76.0 cm³/mol. The topological polar surface area (TPSA) is 41.1 Å². The molecular formula is C14H21ClN2O. The van der Waals surface area contributed by atoms with E-state index in [1.165, 1.54) is 0 Å². The Balaban J connectivity index is 2.40. The second kappa shape index (κ2) is 7.27. The van der Waals surface area contributed by atoms with Gasteiger partial charge in [-0.15, -0.1) is 0 Å². The van der Waals surface area contributed by atoms with Crippen molar-refractivity contribution >= 4 is 17.6 Å². The summed E-state index contributed by atoms with van der Waals surface area (Å²) in [4.78, 5) is 11.6. The monoisotopic (exact) mass is 268 g/mol. The Labute approximate surface area is 114 Å². The first-order valence-electron chi connectivity index (χ1n) is 6.26. The lowest BCUT2D eigenvalue weighted by atomic mass is 10.1. The first-order valence-corrected chi connectivity index (χ1v) is 6.64. The van der Waals surface area contributed by atoms with Crippen molar-refractivity contribution < 1.29 is 4.79 Å². The van der Waals surface area contributed by atoms with Crippen molar-refractivity contribution in [1.82, 2.24) is 10.6 Å². The van der Waals surface area contributed by atoms with E-state index in [1.54, 1.807) is 0 Å². The quantitative estimate of drug-likeness (QED) is 0.846. The molecule has 1 aromatic carbocycles. The lowest BCUT2D eigenvalue weighted by Gasteiger charge is -2.16. The highest BCUT2D eigenvalue weighted by Crippen LogP contribution is 2.16. The third kappa shape index (κ3) is 5.41. The summed E-state index contributed by atoms with van der Waals surface area (Å²) in [5, 5.41) is 6.48. The molecule has 0 aliphatic rings. The second-order valence-electron chi connectivity index (χ2n) is 4.94. The summed E-state index contributed by atoms with van der Waals surface area (Å²) >= 11 is 6.08. The predicted octanol–water partition coefficient (Wildman–Crippen LogP) is 3.23. The van der Waals surface area contributed by atoms with Crippen molar-refractivity contribution in [2.45, 2.75) is 33.2 Å². The molecule has 3 nitrogen and oxygen atoms in total. The number of hydrogen-bond acceptors (Lipinski definition) is 1. The Morgan fingerprint density at radius 3 is 2.56 bits per heavy atom. The number of carbonyl (C=O) groups is 1. The van der Waals surface area contributed by atoms with Crippen LogP contribution in [0.4, 0.5) is 4.79 Å². The molecule has 100 valence electrons. The molecule has 2 N–H and O–H groups in total. The van der Waals surface area contributed by atoms with E-state index in [1.807, 2.05) is 31.2 Å². The maximum Gasteiger partial charge on any atom is 0.315 e. The minimum atomic E-state index is -0.122. The molecule has 1 atom stereocenters. The van der Waals surface area contributed by atoms with Crippen LogP contribution in [0.5, 0.6) is 0 Å². The molecule has 1 aromatic rings. The van der Waals surface area contributed by atoms with Gasteiger partial charge in [0.15, 0.2) is 0 Å². The highest BCUT2D eigenvalue weighted by Gasteiger charge is 2.09. The standard InChI is InChI=1S/C14H21ClN2O/c1-10(2)9-16-14(18)17-11(3)8-12-6-4-5-7-13(12)15/h4-7,10-11H,8-9H2,1-3H3,(H2,16,17,18). The van der Waals surface area contributed by atoms with Crippen molar-refractivity contribution in [3.8, 4) is 0 Å². The number of rotatable bonds is 5. The number of nitrogens with one attached hydrogen (secondary N) is 2. The molecule has 0 radical (unpaired) electrons. The Kier molecular flexibility index (Phi) is 5.99. The van der Waals surface area contributed by atoms with Gasteiger partial charge in [-0.05, 0) is 30.9 Å². The van der Waals surface area contributed by atoms with Gasteiger partial charge in [0, 0.05) is 17.6 Å². The molecule has 0 aliphatic heterocycles. The molecule has 0 saturated heterocycles. The lowest BCUT2D eigenvalue weighted by molar-refractivity contribution is 0.236. The van der Waals surface area contributed by atoms with Crippen LogP contribution in [0.3, 0.4) is 0 Å². The second-order valence-corrected chi connectivity index (χ2v) is 5.35. The Morgan fingerprint density at radius 1 is 1.28 bits per heavy atom. The van der Waals surface area contributed by atoms with E-state index >= 15 is 0 Å². The molecule has 0 spiro atoms. The van der Waals surface area contributed by atoms with Crippen LogP contribution in [-0.4, -0.2) is 18.6 Å². The number of amides is 2. The molecule has 0 heterocycles. The summed E-state index contributed by atoms with van der Waals surface area (Å²) < 4.78 is 0. The zero-order valence-corrected chi connectivity index (χ0v) is 11.9. The zero-order chi connectivity index (χ0) is 13.5. The van der Waals surface area contributed by atoms with Crippen LogP contribution >= 0.6 is 11.6 Å². The van der Waals surface area contributed by atoms with E-state index in [2.05, 4.69) is 24.5 Å². The van der Waals surface area contributed by atoms with Crippen molar-refractivity contribution in [3.63, 3.8) is 0 Å². The number of benzene rings is 1. The van der Waals surface area contributed by atoms with Gasteiger partial charge in [0.2, 0.25) is 0 Å². The van der Waals surface area contributed by atoms with E-state index in [0.29, 0.717) is 12.5 Å². The molecule has 1 rings (SSSR count). The maximum atomic E-state index is 11.6.